The summed E-state index contributed by atoms with van der Waals surface area (Å²) in [4.78, 5) is 16.2. The molecule has 6 rings (SSSR count). The summed E-state index contributed by atoms with van der Waals surface area (Å²) in [6.45, 7) is 1.77. The van der Waals surface area contributed by atoms with Crippen LogP contribution in [0.3, 0.4) is 0 Å². The quantitative estimate of drug-likeness (QED) is 0.450. The molecule has 3 fully saturated rings. The van der Waals surface area contributed by atoms with Crippen LogP contribution >= 0.6 is 11.3 Å². The average Bonchev–Trinajstić information content (AvgIpc) is 3.46. The minimum Gasteiger partial charge on any atom is -0.375 e. The van der Waals surface area contributed by atoms with Crippen molar-refractivity contribution in [2.45, 2.75) is 29.7 Å². The largest absolute Gasteiger partial charge is 0.375 e. The van der Waals surface area contributed by atoms with Gasteiger partial charge in [-0.25, -0.2) is 21.9 Å². The number of ether oxygens (including phenoxy) is 1. The lowest BCUT2D eigenvalue weighted by atomic mass is 10.0. The molecule has 16 heteroatoms. The summed E-state index contributed by atoms with van der Waals surface area (Å²) in [5, 5.41) is 21.3. The normalized spacial score (nSPS) is 19.5. The van der Waals surface area contributed by atoms with Gasteiger partial charge in [0.1, 0.15) is 0 Å². The molecular formula is C22H22F2N8O4S2. The van der Waals surface area contributed by atoms with Crippen LogP contribution in [-0.2, 0) is 19.6 Å². The highest BCUT2D eigenvalue weighted by Crippen LogP contribution is 2.36. The van der Waals surface area contributed by atoms with Crippen LogP contribution in [0.5, 0.6) is 0 Å². The predicted octanol–water partition coefficient (Wildman–Crippen LogP) is 1.44. The van der Waals surface area contributed by atoms with Crippen LogP contribution < -0.4 is 9.62 Å². The topological polar surface area (TPSA) is 146 Å². The molecule has 0 bridgehead atoms. The first kappa shape index (κ1) is 25.0. The molecule has 0 atom stereocenters. The van der Waals surface area contributed by atoms with E-state index in [1.165, 1.54) is 23.0 Å². The molecule has 1 saturated carbocycles. The summed E-state index contributed by atoms with van der Waals surface area (Å²) in [6, 6.07) is 4.84. The number of hydrogen-bond acceptors (Lipinski definition) is 10. The van der Waals surface area contributed by atoms with Gasteiger partial charge in [0, 0.05) is 43.2 Å². The third kappa shape index (κ3) is 4.38. The third-order valence-electron chi connectivity index (χ3n) is 6.85. The molecule has 200 valence electrons. The van der Waals surface area contributed by atoms with E-state index in [1.807, 2.05) is 15.9 Å². The van der Waals surface area contributed by atoms with Gasteiger partial charge in [-0.15, -0.1) is 10.2 Å². The zero-order chi connectivity index (χ0) is 26.7. The molecule has 1 aliphatic carbocycles. The number of nitrogens with one attached hydrogen (secondary N) is 1. The van der Waals surface area contributed by atoms with Gasteiger partial charge in [0.2, 0.25) is 21.1 Å². The van der Waals surface area contributed by atoms with Gasteiger partial charge in [0.05, 0.1) is 35.9 Å². The Hall–Kier alpha value is -3.26. The Labute approximate surface area is 219 Å². The van der Waals surface area contributed by atoms with Crippen LogP contribution in [0.4, 0.5) is 14.5 Å². The number of nitrogens with zero attached hydrogens (tertiary/aromatic N) is 7. The summed E-state index contributed by atoms with van der Waals surface area (Å²) < 4.78 is 61.9. The fraction of sp³-hybridized carbons (Fsp3) is 0.500. The van der Waals surface area contributed by atoms with Crippen LogP contribution in [-0.4, -0.2) is 84.1 Å². The average molecular weight is 565 g/mol. The van der Waals surface area contributed by atoms with Gasteiger partial charge in [0.15, 0.2) is 10.5 Å². The number of anilines is 1. The number of benzene rings is 1. The molecule has 12 nitrogen and oxygen atoms in total. The van der Waals surface area contributed by atoms with Crippen molar-refractivity contribution in [3.8, 4) is 11.2 Å². The van der Waals surface area contributed by atoms with E-state index in [-0.39, 0.29) is 35.1 Å². The van der Waals surface area contributed by atoms with E-state index in [2.05, 4.69) is 20.0 Å². The van der Waals surface area contributed by atoms with E-state index in [0.717, 1.165) is 12.8 Å². The molecule has 0 spiro atoms. The van der Waals surface area contributed by atoms with Crippen molar-refractivity contribution >= 4 is 43.9 Å². The van der Waals surface area contributed by atoms with Gasteiger partial charge >= 0.3 is 0 Å². The van der Waals surface area contributed by atoms with Crippen molar-refractivity contribution in [1.29, 1.82) is 5.26 Å². The molecule has 2 aromatic heterocycles. The molecule has 1 N–H and O–H groups in total. The number of carbonyl (C=O) groups excluding carboxylic acids is 1. The first-order valence-electron chi connectivity index (χ1n) is 11.9. The second-order valence-corrected chi connectivity index (χ2v) is 12.2. The highest BCUT2D eigenvalue weighted by Gasteiger charge is 2.43. The first-order chi connectivity index (χ1) is 18.2. The Bertz CT molecular complexity index is 1550. The molecule has 4 heterocycles. The number of carbonyl (C=O) groups is 1. The van der Waals surface area contributed by atoms with Gasteiger partial charge in [-0.2, -0.15) is 15.1 Å². The van der Waals surface area contributed by atoms with Gasteiger partial charge in [-0.3, -0.25) is 4.79 Å². The number of sulfonamides is 1. The predicted molar refractivity (Wildman–Crippen MR) is 130 cm³/mol. The molecule has 0 unspecified atom stereocenters. The SMILES string of the molecule is N#CC1(NS(=O)(=O)c2cc(N3CCN(C(=O)C4CC4)CC3)c3cnn(-c4nnc(C(F)F)s4)c3c2)COC1. The number of piperazine rings is 1. The lowest BCUT2D eigenvalue weighted by Crippen LogP contribution is -2.61. The maximum Gasteiger partial charge on any atom is 0.291 e. The fourth-order valence-corrected chi connectivity index (χ4v) is 6.58. The number of amides is 1. The Morgan fingerprint density at radius 1 is 1.21 bits per heavy atom. The van der Waals surface area contributed by atoms with Crippen LogP contribution in [0.2, 0.25) is 0 Å². The zero-order valence-electron chi connectivity index (χ0n) is 19.9. The van der Waals surface area contributed by atoms with Crippen molar-refractivity contribution in [2.24, 2.45) is 5.92 Å². The molecule has 3 aliphatic rings. The van der Waals surface area contributed by atoms with Gasteiger partial charge in [-0.1, -0.05) is 11.3 Å². The molecule has 2 saturated heterocycles. The van der Waals surface area contributed by atoms with Gasteiger partial charge < -0.3 is 14.5 Å². The molecule has 1 amide bonds. The standard InChI is InChI=1S/C22H22F2N8O4S2/c23-18(24)19-27-28-21(37-19)32-17-8-14(38(34,35)29-22(10-25)11-36-12-22)7-16(15(17)9-26-32)30-3-5-31(6-4-30)20(33)13-1-2-13/h7-9,13,18,29H,1-6,11-12H2. The highest BCUT2D eigenvalue weighted by atomic mass is 32.2. The second kappa shape index (κ2) is 9.19. The first-order valence-corrected chi connectivity index (χ1v) is 14.2. The van der Waals surface area contributed by atoms with E-state index in [9.17, 15) is 27.3 Å². The Morgan fingerprint density at radius 2 is 1.95 bits per heavy atom. The van der Waals surface area contributed by atoms with E-state index in [0.29, 0.717) is 54.1 Å². The van der Waals surface area contributed by atoms with Crippen molar-refractivity contribution < 1.29 is 26.7 Å². The maximum absolute atomic E-state index is 13.4. The van der Waals surface area contributed by atoms with E-state index < -0.39 is 27.0 Å². The fourth-order valence-electron chi connectivity index (χ4n) is 4.58. The number of rotatable bonds is 7. The third-order valence-corrected chi connectivity index (χ3v) is 9.27. The molecule has 0 radical (unpaired) electrons. The molecule has 2 aliphatic heterocycles. The molecule has 38 heavy (non-hydrogen) atoms. The van der Waals surface area contributed by atoms with Gasteiger partial charge in [0.25, 0.3) is 6.43 Å². The lowest BCUT2D eigenvalue weighted by Gasteiger charge is -2.37. The van der Waals surface area contributed by atoms with Crippen LogP contribution in [0.25, 0.3) is 16.0 Å². The second-order valence-electron chi connectivity index (χ2n) is 9.53. The van der Waals surface area contributed by atoms with Crippen molar-refractivity contribution in [3.05, 3.63) is 23.3 Å². The molecule has 3 aromatic rings. The Morgan fingerprint density at radius 3 is 2.53 bits per heavy atom. The molecule has 1 aromatic carbocycles. The van der Waals surface area contributed by atoms with Crippen LogP contribution in [0, 0.1) is 17.2 Å². The maximum atomic E-state index is 13.4. The number of fused-ring (bicyclic) bond motifs is 1. The summed E-state index contributed by atoms with van der Waals surface area (Å²) >= 11 is 0.653. The highest BCUT2D eigenvalue weighted by molar-refractivity contribution is 7.89. The Kier molecular flexibility index (Phi) is 6.05. The summed E-state index contributed by atoms with van der Waals surface area (Å²) in [7, 11) is -4.19. The Balaban J connectivity index is 1.40. The summed E-state index contributed by atoms with van der Waals surface area (Å²) in [6.07, 6.45) is 0.552. The van der Waals surface area contributed by atoms with Crippen molar-refractivity contribution in [1.82, 2.24) is 29.6 Å². The monoisotopic (exact) mass is 564 g/mol. The number of halogens is 2. The number of nitriles is 1. The number of alkyl halides is 2. The van der Waals surface area contributed by atoms with Crippen molar-refractivity contribution in [2.75, 3.05) is 44.3 Å². The molecular weight excluding hydrogens is 542 g/mol. The van der Waals surface area contributed by atoms with Crippen molar-refractivity contribution in [3.63, 3.8) is 0 Å². The zero-order valence-corrected chi connectivity index (χ0v) is 21.5. The summed E-state index contributed by atoms with van der Waals surface area (Å²) in [5.74, 6) is 0.262. The minimum atomic E-state index is -4.19. The van der Waals surface area contributed by atoms with E-state index in [1.54, 1.807) is 0 Å². The van der Waals surface area contributed by atoms with E-state index >= 15 is 0 Å². The number of hydrogen-bond donors (Lipinski definition) is 1. The smallest absolute Gasteiger partial charge is 0.291 e. The van der Waals surface area contributed by atoms with Crippen LogP contribution in [0.15, 0.2) is 23.2 Å². The number of aromatic nitrogens is 4. The van der Waals surface area contributed by atoms with Crippen LogP contribution in [0.1, 0.15) is 24.3 Å². The minimum absolute atomic E-state index is 0.0597. The summed E-state index contributed by atoms with van der Waals surface area (Å²) in [5.41, 5.74) is -0.483. The van der Waals surface area contributed by atoms with Gasteiger partial charge in [-0.05, 0) is 25.0 Å². The van der Waals surface area contributed by atoms with E-state index in [4.69, 9.17) is 4.74 Å². The lowest BCUT2D eigenvalue weighted by molar-refractivity contribution is -0.132.